The highest BCUT2D eigenvalue weighted by atomic mass is 32.2. The van der Waals surface area contributed by atoms with Crippen LogP contribution in [-0.4, -0.2) is 36.1 Å². The van der Waals surface area contributed by atoms with Crippen LogP contribution in [0.4, 0.5) is 0 Å². The Morgan fingerprint density at radius 1 is 1.12 bits per heavy atom. The van der Waals surface area contributed by atoms with Crippen LogP contribution >= 0.6 is 11.8 Å². The molecule has 2 N–H and O–H groups in total. The number of amides is 2. The van der Waals surface area contributed by atoms with Gasteiger partial charge in [0.15, 0.2) is 0 Å². The van der Waals surface area contributed by atoms with Gasteiger partial charge in [0.2, 0.25) is 11.8 Å². The minimum atomic E-state index is -0.411. The molecule has 0 unspecified atom stereocenters. The van der Waals surface area contributed by atoms with E-state index in [0.717, 1.165) is 16.2 Å². The monoisotopic (exact) mass is 358 g/mol. The quantitative estimate of drug-likeness (QED) is 0.700. The number of thioether (sulfide) groups is 1. The van der Waals surface area contributed by atoms with Gasteiger partial charge in [0, 0.05) is 24.4 Å². The first kappa shape index (κ1) is 18.9. The molecular formula is C19H22N2O3S. The second kappa shape index (κ2) is 9.74. The number of carbonyl (C=O) groups excluding carboxylic acids is 2. The number of primary amides is 1. The summed E-state index contributed by atoms with van der Waals surface area (Å²) in [6.45, 7) is 0.785. The van der Waals surface area contributed by atoms with E-state index in [1.54, 1.807) is 12.0 Å². The van der Waals surface area contributed by atoms with Gasteiger partial charge in [0.1, 0.15) is 5.75 Å². The normalized spacial score (nSPS) is 10.3. The van der Waals surface area contributed by atoms with Gasteiger partial charge >= 0.3 is 0 Å². The first-order chi connectivity index (χ1) is 12.1. The molecule has 0 atom stereocenters. The summed E-state index contributed by atoms with van der Waals surface area (Å²) < 4.78 is 5.19. The summed E-state index contributed by atoms with van der Waals surface area (Å²) in [4.78, 5) is 26.3. The van der Waals surface area contributed by atoms with Crippen molar-refractivity contribution in [3.63, 3.8) is 0 Å². The lowest BCUT2D eigenvalue weighted by atomic mass is 10.2. The molecule has 5 nitrogen and oxygen atoms in total. The summed E-state index contributed by atoms with van der Waals surface area (Å²) in [5.41, 5.74) is 6.26. The largest absolute Gasteiger partial charge is 0.497 e. The smallest absolute Gasteiger partial charge is 0.233 e. The molecule has 0 aromatic heterocycles. The second-order valence-electron chi connectivity index (χ2n) is 5.48. The van der Waals surface area contributed by atoms with E-state index in [-0.39, 0.29) is 12.3 Å². The molecule has 0 bridgehead atoms. The van der Waals surface area contributed by atoms with E-state index in [9.17, 15) is 9.59 Å². The maximum atomic E-state index is 12.6. The van der Waals surface area contributed by atoms with E-state index >= 15 is 0 Å². The standard InChI is InChI=1S/C19H22N2O3S/c1-24-16-8-5-9-17(12-16)25-14-19(23)21(11-10-18(20)22)13-15-6-3-2-4-7-15/h2-9,12H,10-11,13-14H2,1H3,(H2,20,22). The zero-order valence-corrected chi connectivity index (χ0v) is 15.0. The molecule has 0 aliphatic carbocycles. The van der Waals surface area contributed by atoms with Gasteiger partial charge < -0.3 is 15.4 Å². The molecule has 2 rings (SSSR count). The number of methoxy groups -OCH3 is 1. The van der Waals surface area contributed by atoms with Gasteiger partial charge in [-0.05, 0) is 23.8 Å². The fourth-order valence-corrected chi connectivity index (χ4v) is 3.12. The van der Waals surface area contributed by atoms with E-state index in [2.05, 4.69) is 0 Å². The highest BCUT2D eigenvalue weighted by Gasteiger charge is 2.15. The van der Waals surface area contributed by atoms with Gasteiger partial charge in [0.25, 0.3) is 0 Å². The average molecular weight is 358 g/mol. The zero-order valence-electron chi connectivity index (χ0n) is 14.2. The first-order valence-corrected chi connectivity index (χ1v) is 8.94. The highest BCUT2D eigenvalue weighted by Crippen LogP contribution is 2.23. The number of hydrogen-bond acceptors (Lipinski definition) is 4. The Labute approximate surface area is 152 Å². The van der Waals surface area contributed by atoms with Crippen molar-refractivity contribution in [2.45, 2.75) is 17.9 Å². The summed E-state index contributed by atoms with van der Waals surface area (Å²) >= 11 is 1.44. The predicted octanol–water partition coefficient (Wildman–Crippen LogP) is 2.69. The van der Waals surface area contributed by atoms with Crippen LogP contribution in [0, 0.1) is 0 Å². The van der Waals surface area contributed by atoms with E-state index < -0.39 is 5.91 Å². The Balaban J connectivity index is 1.99. The third-order valence-electron chi connectivity index (χ3n) is 3.60. The molecule has 25 heavy (non-hydrogen) atoms. The number of benzene rings is 2. The van der Waals surface area contributed by atoms with Crippen molar-refractivity contribution in [3.05, 3.63) is 60.2 Å². The fraction of sp³-hybridized carbons (Fsp3) is 0.263. The van der Waals surface area contributed by atoms with Crippen molar-refractivity contribution < 1.29 is 14.3 Å². The van der Waals surface area contributed by atoms with Crippen molar-refractivity contribution in [3.8, 4) is 5.75 Å². The molecule has 0 heterocycles. The van der Waals surface area contributed by atoms with E-state index in [1.165, 1.54) is 11.8 Å². The SMILES string of the molecule is COc1cccc(SCC(=O)N(CCC(N)=O)Cc2ccccc2)c1. The maximum absolute atomic E-state index is 12.6. The summed E-state index contributed by atoms with van der Waals surface area (Å²) in [6, 6.07) is 17.3. The van der Waals surface area contributed by atoms with Gasteiger partial charge in [-0.25, -0.2) is 0 Å². The van der Waals surface area contributed by atoms with Crippen LogP contribution in [0.3, 0.4) is 0 Å². The van der Waals surface area contributed by atoms with Crippen molar-refractivity contribution in [1.29, 1.82) is 0 Å². The molecule has 0 saturated heterocycles. The lowest BCUT2D eigenvalue weighted by Gasteiger charge is -2.22. The minimum absolute atomic E-state index is 0.0297. The molecule has 0 fully saturated rings. The summed E-state index contributed by atoms with van der Waals surface area (Å²) in [5.74, 6) is 0.607. The van der Waals surface area contributed by atoms with Crippen molar-refractivity contribution in [1.82, 2.24) is 4.90 Å². The molecule has 0 aliphatic rings. The summed E-state index contributed by atoms with van der Waals surface area (Å²) in [5, 5.41) is 0. The first-order valence-electron chi connectivity index (χ1n) is 7.95. The Kier molecular flexibility index (Phi) is 7.35. The summed E-state index contributed by atoms with van der Waals surface area (Å²) in [7, 11) is 1.61. The Bertz CT molecular complexity index is 707. The third-order valence-corrected chi connectivity index (χ3v) is 4.58. The molecule has 0 aliphatic heterocycles. The predicted molar refractivity (Wildman–Crippen MR) is 99.4 cm³/mol. The van der Waals surface area contributed by atoms with Gasteiger partial charge in [-0.3, -0.25) is 9.59 Å². The van der Waals surface area contributed by atoms with Crippen LogP contribution in [0.25, 0.3) is 0 Å². The Morgan fingerprint density at radius 2 is 1.88 bits per heavy atom. The summed E-state index contributed by atoms with van der Waals surface area (Å²) in [6.07, 6.45) is 0.155. The molecule has 2 aromatic carbocycles. The lowest BCUT2D eigenvalue weighted by molar-refractivity contribution is -0.129. The third kappa shape index (κ3) is 6.51. The van der Waals surface area contributed by atoms with Gasteiger partial charge in [-0.2, -0.15) is 0 Å². The van der Waals surface area contributed by atoms with Crippen molar-refractivity contribution in [2.24, 2.45) is 5.73 Å². The maximum Gasteiger partial charge on any atom is 0.233 e. The van der Waals surface area contributed by atoms with Gasteiger partial charge in [-0.15, -0.1) is 11.8 Å². The number of nitrogens with two attached hydrogens (primary N) is 1. The molecular weight excluding hydrogens is 336 g/mol. The number of ether oxygens (including phenoxy) is 1. The van der Waals surface area contributed by atoms with Crippen LogP contribution in [-0.2, 0) is 16.1 Å². The number of nitrogens with zero attached hydrogens (tertiary/aromatic N) is 1. The van der Waals surface area contributed by atoms with Crippen LogP contribution < -0.4 is 10.5 Å². The molecule has 2 aromatic rings. The molecule has 0 saturated carbocycles. The topological polar surface area (TPSA) is 72.6 Å². The lowest BCUT2D eigenvalue weighted by Crippen LogP contribution is -2.34. The van der Waals surface area contributed by atoms with E-state index in [1.807, 2.05) is 54.6 Å². The molecule has 132 valence electrons. The highest BCUT2D eigenvalue weighted by molar-refractivity contribution is 8.00. The number of carbonyl (C=O) groups is 2. The van der Waals surface area contributed by atoms with E-state index in [4.69, 9.17) is 10.5 Å². The van der Waals surface area contributed by atoms with E-state index in [0.29, 0.717) is 18.8 Å². The average Bonchev–Trinajstić information content (AvgIpc) is 2.64. The number of hydrogen-bond donors (Lipinski definition) is 1. The molecule has 2 amide bonds. The molecule has 0 radical (unpaired) electrons. The molecule has 0 spiro atoms. The van der Waals surface area contributed by atoms with Gasteiger partial charge in [0.05, 0.1) is 12.9 Å². The Morgan fingerprint density at radius 3 is 2.56 bits per heavy atom. The zero-order chi connectivity index (χ0) is 18.1. The molecule has 6 heteroatoms. The van der Waals surface area contributed by atoms with Crippen molar-refractivity contribution >= 4 is 23.6 Å². The van der Waals surface area contributed by atoms with Crippen LogP contribution in [0.2, 0.25) is 0 Å². The van der Waals surface area contributed by atoms with Crippen molar-refractivity contribution in [2.75, 3.05) is 19.4 Å². The second-order valence-corrected chi connectivity index (χ2v) is 6.53. The number of rotatable bonds is 9. The van der Waals surface area contributed by atoms with Gasteiger partial charge in [-0.1, -0.05) is 36.4 Å². The van der Waals surface area contributed by atoms with Crippen LogP contribution in [0.1, 0.15) is 12.0 Å². The minimum Gasteiger partial charge on any atom is -0.497 e. The van der Waals surface area contributed by atoms with Crippen LogP contribution in [0.5, 0.6) is 5.75 Å². The Hall–Kier alpha value is -2.47. The fourth-order valence-electron chi connectivity index (χ4n) is 2.27. The van der Waals surface area contributed by atoms with Crippen LogP contribution in [0.15, 0.2) is 59.5 Å².